The lowest BCUT2D eigenvalue weighted by Gasteiger charge is -2.47. The number of aliphatic imine (C=N–C) groups is 1. The van der Waals surface area contributed by atoms with E-state index in [1.807, 2.05) is 38.8 Å². The Morgan fingerprint density at radius 2 is 1.83 bits per heavy atom. The number of carbonyl (C=O) groups is 4. The lowest BCUT2D eigenvalue weighted by Crippen LogP contribution is -2.59. The number of nitrogens with two attached hydrogens (primary N) is 1. The van der Waals surface area contributed by atoms with E-state index in [9.17, 15) is 29.4 Å². The topological polar surface area (TPSA) is 235 Å². The summed E-state index contributed by atoms with van der Waals surface area (Å²) in [6.07, 6.45) is -0.793. The highest BCUT2D eigenvalue weighted by Gasteiger charge is 2.56. The molecular formula is C47H69FN6O11S. The zero-order valence-electron chi connectivity index (χ0n) is 40.0. The second-order valence-electron chi connectivity index (χ2n) is 18.8. The molecule has 5 heterocycles. The van der Waals surface area contributed by atoms with Gasteiger partial charge in [0.25, 0.3) is 5.67 Å². The molecule has 12 atom stereocenters. The minimum absolute atomic E-state index is 0.00886. The van der Waals surface area contributed by atoms with Crippen LogP contribution in [0.2, 0.25) is 0 Å². The fraction of sp³-hybridized carbons (Fsp3) is 0.702. The molecule has 0 radical (unpaired) electrons. The number of thiazole rings is 1. The zero-order chi connectivity index (χ0) is 48.7. The van der Waals surface area contributed by atoms with E-state index in [4.69, 9.17) is 29.5 Å². The van der Waals surface area contributed by atoms with Crippen LogP contribution in [0.5, 0.6) is 0 Å². The smallest absolute Gasteiger partial charge is 0.351 e. The van der Waals surface area contributed by atoms with Gasteiger partial charge in [-0.3, -0.25) is 19.4 Å². The van der Waals surface area contributed by atoms with Gasteiger partial charge in [0.05, 0.1) is 42.2 Å². The fourth-order valence-corrected chi connectivity index (χ4v) is 10.5. The van der Waals surface area contributed by atoms with E-state index in [-0.39, 0.29) is 82.8 Å². The molecule has 2 bridgehead atoms. The fourth-order valence-electron chi connectivity index (χ4n) is 9.76. The summed E-state index contributed by atoms with van der Waals surface area (Å²) < 4.78 is 43.0. The molecule has 3 aliphatic rings. The molecule has 4 N–H and O–H groups in total. The van der Waals surface area contributed by atoms with Crippen LogP contribution in [0.1, 0.15) is 119 Å². The van der Waals surface area contributed by atoms with E-state index in [0.29, 0.717) is 29.4 Å². The summed E-state index contributed by atoms with van der Waals surface area (Å²) in [4.78, 5) is 74.7. The molecule has 0 aromatic carbocycles. The van der Waals surface area contributed by atoms with Gasteiger partial charge in [0.15, 0.2) is 18.7 Å². The number of hydrogen-bond donors (Lipinski definition) is 3. The van der Waals surface area contributed by atoms with Crippen LogP contribution in [0.25, 0.3) is 10.6 Å². The lowest BCUT2D eigenvalue weighted by molar-refractivity contribution is -0.264. The summed E-state index contributed by atoms with van der Waals surface area (Å²) in [6, 6.07) is 3.48. The number of oxime groups is 1. The van der Waals surface area contributed by atoms with Gasteiger partial charge in [0, 0.05) is 60.1 Å². The minimum atomic E-state index is -3.18. The number of aliphatic hydroxyl groups is 1. The number of carboxylic acids is 1. The maximum absolute atomic E-state index is 17.1. The standard InChI is InChI=1S/C47H69FN6O11S/c1-11-35-47(9,60)34-16-15-32(53-62-24-31-14-13-30(22-50-31)43-51-36(49)25-66-43)23-61-45(7,21-26(3)40(28(34)5)52-37(55)12-2)42(29(6)41(58)46(8,48)44(59)64-35)65-39-20-33(19-27(4)63-39)54(10)18-17-38(56)57/h13-14,22,25-29,33-35,39,42,60H,11-12,15-21,23-24,49H2,1-10H3,(H,56,57)/b52-40?,53-32+/t26-,27-,28-,29+,33+,34-,35-,39+,42-,45-,46+,47+/m1/s1. The molecule has 3 aliphatic heterocycles. The van der Waals surface area contributed by atoms with E-state index < -0.39 is 76.8 Å². The molecule has 17 nitrogen and oxygen atoms in total. The Labute approximate surface area is 391 Å². The van der Waals surface area contributed by atoms with Gasteiger partial charge in [-0.2, -0.15) is 0 Å². The van der Waals surface area contributed by atoms with Crippen molar-refractivity contribution in [3.05, 3.63) is 29.4 Å². The number of halogens is 1. The second-order valence-corrected chi connectivity index (χ2v) is 19.7. The number of hydrogen-bond acceptors (Lipinski definition) is 16. The molecular weight excluding hydrogens is 876 g/mol. The number of cyclic esters (lactones) is 1. The molecule has 19 heteroatoms. The maximum atomic E-state index is 17.1. The first kappa shape index (κ1) is 52.7. The average molecular weight is 945 g/mol. The molecule has 2 aromatic heterocycles. The van der Waals surface area contributed by atoms with Gasteiger partial charge in [-0.15, -0.1) is 11.3 Å². The number of ketones is 1. The van der Waals surface area contributed by atoms with Crippen LogP contribution >= 0.6 is 11.3 Å². The Kier molecular flexibility index (Phi) is 17.7. The second kappa shape index (κ2) is 22.2. The number of pyridine rings is 1. The van der Waals surface area contributed by atoms with Gasteiger partial charge in [0.1, 0.15) is 22.5 Å². The molecule has 0 saturated carbocycles. The van der Waals surface area contributed by atoms with E-state index in [0.717, 1.165) is 17.5 Å². The molecule has 3 saturated heterocycles. The van der Waals surface area contributed by atoms with Crippen LogP contribution in [0, 0.1) is 23.7 Å². The molecule has 0 aliphatic carbocycles. The number of alkyl halides is 1. The number of amides is 1. The van der Waals surface area contributed by atoms with Gasteiger partial charge in [-0.05, 0) is 90.8 Å². The first-order valence-corrected chi connectivity index (χ1v) is 23.9. The largest absolute Gasteiger partial charge is 0.481 e. The van der Waals surface area contributed by atoms with Crippen molar-refractivity contribution >= 4 is 52.2 Å². The molecule has 0 unspecified atom stereocenters. The van der Waals surface area contributed by atoms with E-state index in [1.165, 1.54) is 25.2 Å². The Hall–Kier alpha value is -4.27. The average Bonchev–Trinajstić information content (AvgIpc) is 3.71. The van der Waals surface area contributed by atoms with E-state index >= 15 is 4.39 Å². The van der Waals surface area contributed by atoms with Gasteiger partial charge >= 0.3 is 11.9 Å². The first-order chi connectivity index (χ1) is 31.0. The number of esters is 1. The maximum Gasteiger partial charge on any atom is 0.351 e. The number of ether oxygens (including phenoxy) is 4. The normalized spacial score (nSPS) is 35.2. The lowest BCUT2D eigenvalue weighted by atomic mass is 9.68. The van der Waals surface area contributed by atoms with Crippen molar-refractivity contribution in [2.24, 2.45) is 33.8 Å². The van der Waals surface area contributed by atoms with Crippen molar-refractivity contribution in [3.8, 4) is 10.6 Å². The van der Waals surface area contributed by atoms with Crippen molar-refractivity contribution in [1.82, 2.24) is 14.9 Å². The Bertz CT molecular complexity index is 2080. The number of nitrogens with zero attached hydrogens (tertiary/aromatic N) is 5. The quantitative estimate of drug-likeness (QED) is 0.116. The van der Waals surface area contributed by atoms with Crippen LogP contribution in [-0.2, 0) is 49.6 Å². The predicted molar refractivity (Wildman–Crippen MR) is 246 cm³/mol. The van der Waals surface area contributed by atoms with Crippen molar-refractivity contribution in [2.45, 2.75) is 168 Å². The third-order valence-electron chi connectivity index (χ3n) is 13.5. The summed E-state index contributed by atoms with van der Waals surface area (Å²) in [7, 11) is 1.83. The molecule has 66 heavy (non-hydrogen) atoms. The number of carbonyl (C=O) groups excluding carboxylic acids is 3. The number of carboxylic acid groups (broad SMARTS) is 1. The minimum Gasteiger partial charge on any atom is -0.481 e. The van der Waals surface area contributed by atoms with Crippen molar-refractivity contribution in [2.75, 3.05) is 25.9 Å². The van der Waals surface area contributed by atoms with Crippen molar-refractivity contribution in [1.29, 1.82) is 0 Å². The monoisotopic (exact) mass is 944 g/mol. The number of nitrogen functional groups attached to an aromatic ring is 1. The molecule has 0 spiro atoms. The van der Waals surface area contributed by atoms with Crippen molar-refractivity contribution < 1.29 is 57.6 Å². The van der Waals surface area contributed by atoms with Gasteiger partial charge in [-0.25, -0.2) is 19.2 Å². The van der Waals surface area contributed by atoms with E-state index in [2.05, 4.69) is 20.1 Å². The Morgan fingerprint density at radius 1 is 1.11 bits per heavy atom. The molecule has 366 valence electrons. The number of rotatable bonds is 12. The summed E-state index contributed by atoms with van der Waals surface area (Å²) in [6.45, 7) is 14.7. The highest BCUT2D eigenvalue weighted by atomic mass is 32.1. The van der Waals surface area contributed by atoms with Crippen LogP contribution in [0.4, 0.5) is 10.2 Å². The zero-order valence-corrected chi connectivity index (χ0v) is 40.8. The van der Waals surface area contributed by atoms with Gasteiger partial charge in [0.2, 0.25) is 5.91 Å². The van der Waals surface area contributed by atoms with Crippen molar-refractivity contribution in [3.63, 3.8) is 0 Å². The number of aliphatic carboxylic acids is 1. The summed E-state index contributed by atoms with van der Waals surface area (Å²) >= 11 is 1.40. The number of aromatic nitrogens is 2. The highest BCUT2D eigenvalue weighted by Crippen LogP contribution is 2.43. The number of fused-ring (bicyclic) bond motifs is 5. The highest BCUT2D eigenvalue weighted by molar-refractivity contribution is 7.13. The number of anilines is 1. The van der Waals surface area contributed by atoms with Crippen LogP contribution < -0.4 is 5.73 Å². The van der Waals surface area contributed by atoms with Gasteiger partial charge < -0.3 is 44.6 Å². The van der Waals surface area contributed by atoms with Gasteiger partial charge in [-0.1, -0.05) is 39.8 Å². The summed E-state index contributed by atoms with van der Waals surface area (Å²) in [5.74, 6) is -6.76. The Morgan fingerprint density at radius 3 is 2.45 bits per heavy atom. The first-order valence-electron chi connectivity index (χ1n) is 23.0. The predicted octanol–water partition coefficient (Wildman–Crippen LogP) is 6.59. The molecule has 3 fully saturated rings. The molecule has 2 aromatic rings. The third-order valence-corrected chi connectivity index (χ3v) is 14.5. The summed E-state index contributed by atoms with van der Waals surface area (Å²) in [5, 5.41) is 29.0. The SMILES string of the molecule is CCC(=O)N=C1[C@H](C)C[C@@]2(C)OC/C(=N/OCc3ccc(-c4nc(N)cs4)cn3)CC[C@H]([C@H]1C)[C@](C)(O)[C@@H](CC)OC(=O)[C@@](C)(F)C(=O)[C@H](C)[C@H]2O[C@H]1C[C@@H](N(C)CCC(=O)O)C[C@@H](C)O1. The Balaban J connectivity index is 1.63. The van der Waals surface area contributed by atoms with Crippen LogP contribution in [-0.4, -0.2) is 128 Å². The molecule has 5 rings (SSSR count). The third kappa shape index (κ3) is 12.6. The van der Waals surface area contributed by atoms with Crippen LogP contribution in [0.3, 0.4) is 0 Å². The van der Waals surface area contributed by atoms with E-state index in [1.54, 1.807) is 38.4 Å². The van der Waals surface area contributed by atoms with Crippen LogP contribution in [0.15, 0.2) is 33.9 Å². The number of Topliss-reactive ketones (excluding diaryl/α,β-unsaturated/α-hetero) is 1. The molecule has 1 amide bonds. The summed E-state index contributed by atoms with van der Waals surface area (Å²) in [5.41, 5.74) is 1.58.